The van der Waals surface area contributed by atoms with Crippen molar-refractivity contribution in [3.63, 3.8) is 0 Å². The van der Waals surface area contributed by atoms with Crippen LogP contribution in [0.15, 0.2) is 35.0 Å². The number of nitrogens with zero attached hydrogens (tertiary/aromatic N) is 2. The third-order valence-electron chi connectivity index (χ3n) is 5.80. The van der Waals surface area contributed by atoms with Crippen LogP contribution in [0.25, 0.3) is 0 Å². The van der Waals surface area contributed by atoms with Crippen LogP contribution in [0, 0.1) is 10.1 Å². The average molecular weight is 434 g/mol. The summed E-state index contributed by atoms with van der Waals surface area (Å²) in [7, 11) is 0. The van der Waals surface area contributed by atoms with Gasteiger partial charge >= 0.3 is 0 Å². The van der Waals surface area contributed by atoms with E-state index in [4.69, 9.17) is 11.6 Å². The number of halogens is 1. The van der Waals surface area contributed by atoms with Crippen molar-refractivity contribution in [2.75, 3.05) is 4.90 Å². The van der Waals surface area contributed by atoms with E-state index in [-0.39, 0.29) is 28.1 Å². The van der Waals surface area contributed by atoms with Gasteiger partial charge in [0.05, 0.1) is 4.92 Å². The van der Waals surface area contributed by atoms with E-state index in [9.17, 15) is 19.7 Å². The molecule has 0 bridgehead atoms. The number of hydrogen-bond acceptors (Lipinski definition) is 5. The number of carbonyl (C=O) groups is 2. The number of rotatable bonds is 4. The molecular formula is C22H28ClN3O4. The van der Waals surface area contributed by atoms with E-state index in [0.29, 0.717) is 0 Å². The first-order valence-corrected chi connectivity index (χ1v) is 11.2. The van der Waals surface area contributed by atoms with Gasteiger partial charge in [0, 0.05) is 12.1 Å². The van der Waals surface area contributed by atoms with E-state index in [1.165, 1.54) is 50.3 Å². The zero-order valence-electron chi connectivity index (χ0n) is 17.1. The fourth-order valence-corrected chi connectivity index (χ4v) is 4.39. The number of benzene rings is 1. The van der Waals surface area contributed by atoms with Crippen molar-refractivity contribution >= 4 is 34.8 Å². The van der Waals surface area contributed by atoms with Gasteiger partial charge in [-0.25, -0.2) is 4.90 Å². The Kier molecular flexibility index (Phi) is 7.85. The number of carbonyl (C=O) groups excluding carboxylic acids is 2. The van der Waals surface area contributed by atoms with Crippen molar-refractivity contribution in [1.29, 1.82) is 0 Å². The smallest absolute Gasteiger partial charge is 0.293 e. The van der Waals surface area contributed by atoms with Gasteiger partial charge in [-0.3, -0.25) is 19.7 Å². The van der Waals surface area contributed by atoms with E-state index in [2.05, 4.69) is 5.32 Å². The maximum absolute atomic E-state index is 13.0. The van der Waals surface area contributed by atoms with Crippen LogP contribution in [0.5, 0.6) is 0 Å². The molecule has 1 aliphatic heterocycles. The predicted octanol–water partition coefficient (Wildman–Crippen LogP) is 5.18. The van der Waals surface area contributed by atoms with Gasteiger partial charge in [0.25, 0.3) is 17.5 Å². The Hall–Kier alpha value is -2.41. The molecule has 1 aromatic rings. The normalized spacial score (nSPS) is 20.1. The van der Waals surface area contributed by atoms with Crippen molar-refractivity contribution in [2.45, 2.75) is 76.7 Å². The van der Waals surface area contributed by atoms with E-state index in [1.54, 1.807) is 6.07 Å². The Morgan fingerprint density at radius 2 is 1.43 bits per heavy atom. The summed E-state index contributed by atoms with van der Waals surface area (Å²) in [5.41, 5.74) is -0.320. The van der Waals surface area contributed by atoms with Crippen LogP contribution in [0.4, 0.5) is 11.4 Å². The Balaban J connectivity index is 1.76. The minimum atomic E-state index is -0.730. The number of nitro groups is 1. The molecule has 1 aliphatic carbocycles. The monoisotopic (exact) mass is 433 g/mol. The summed E-state index contributed by atoms with van der Waals surface area (Å²) in [5, 5.41) is 14.4. The second-order valence-electron chi connectivity index (χ2n) is 7.98. The lowest BCUT2D eigenvalue weighted by molar-refractivity contribution is -0.384. The molecular weight excluding hydrogens is 406 g/mol. The molecule has 0 radical (unpaired) electrons. The molecule has 2 amide bonds. The van der Waals surface area contributed by atoms with Gasteiger partial charge in [0.1, 0.15) is 16.4 Å². The summed E-state index contributed by atoms with van der Waals surface area (Å²) in [6.07, 6.45) is 12.5. The standard InChI is InChI=1S/C22H28ClN3O4/c23-19-20(24-16-12-8-6-4-2-1-3-5-7-9-13-16)22(28)25(21(19)27)17-14-10-11-15-18(17)26(29)30/h10-11,14-16,24H,1-9,12-13H2. The minimum absolute atomic E-state index is 0.0515. The van der Waals surface area contributed by atoms with Crippen LogP contribution < -0.4 is 10.2 Å². The van der Waals surface area contributed by atoms with Crippen molar-refractivity contribution in [2.24, 2.45) is 0 Å². The minimum Gasteiger partial charge on any atom is -0.376 e. The number of hydrogen-bond donors (Lipinski definition) is 1. The van der Waals surface area contributed by atoms with Crippen LogP contribution in [0.2, 0.25) is 0 Å². The average Bonchev–Trinajstić information content (AvgIpc) is 2.93. The van der Waals surface area contributed by atoms with Gasteiger partial charge in [-0.2, -0.15) is 0 Å². The molecule has 1 aromatic carbocycles. The zero-order valence-corrected chi connectivity index (χ0v) is 17.8. The fourth-order valence-electron chi connectivity index (χ4n) is 4.17. The van der Waals surface area contributed by atoms with Crippen LogP contribution in [0.3, 0.4) is 0 Å². The SMILES string of the molecule is O=C1C(Cl)=C(NC2CCCCCCCCCCC2)C(=O)N1c1ccccc1[N+](=O)[O-]. The van der Waals surface area contributed by atoms with E-state index in [1.807, 2.05) is 0 Å². The van der Waals surface area contributed by atoms with Gasteiger partial charge in [-0.1, -0.05) is 81.5 Å². The van der Waals surface area contributed by atoms with Crippen LogP contribution in [0.1, 0.15) is 70.6 Å². The Morgan fingerprint density at radius 3 is 2.00 bits per heavy atom. The maximum atomic E-state index is 13.0. The summed E-state index contributed by atoms with van der Waals surface area (Å²) in [5.74, 6) is -1.36. The maximum Gasteiger partial charge on any atom is 0.293 e. The molecule has 7 nitrogen and oxygen atoms in total. The molecule has 0 spiro atoms. The molecule has 3 rings (SSSR count). The second-order valence-corrected chi connectivity index (χ2v) is 8.36. The Labute approximate surface area is 181 Å². The lowest BCUT2D eigenvalue weighted by Gasteiger charge is -2.21. The fraction of sp³-hybridized carbons (Fsp3) is 0.545. The van der Waals surface area contributed by atoms with Crippen LogP contribution in [-0.4, -0.2) is 22.8 Å². The summed E-state index contributed by atoms with van der Waals surface area (Å²) in [6.45, 7) is 0. The number of nitro benzene ring substituents is 1. The Bertz CT molecular complexity index is 827. The lowest BCUT2D eigenvalue weighted by atomic mass is 9.98. The second kappa shape index (κ2) is 10.6. The first-order valence-electron chi connectivity index (χ1n) is 10.8. The molecule has 30 heavy (non-hydrogen) atoms. The highest BCUT2D eigenvalue weighted by Crippen LogP contribution is 2.34. The van der Waals surface area contributed by atoms with Gasteiger partial charge in [-0.15, -0.1) is 0 Å². The summed E-state index contributed by atoms with van der Waals surface area (Å²) in [6, 6.07) is 5.75. The van der Waals surface area contributed by atoms with E-state index in [0.717, 1.165) is 43.4 Å². The highest BCUT2D eigenvalue weighted by Gasteiger charge is 2.42. The molecule has 162 valence electrons. The number of imide groups is 1. The Morgan fingerprint density at radius 1 is 0.900 bits per heavy atom. The zero-order chi connectivity index (χ0) is 21.5. The molecule has 0 unspecified atom stereocenters. The van der Waals surface area contributed by atoms with Crippen molar-refractivity contribution in [3.8, 4) is 0 Å². The number of anilines is 1. The lowest BCUT2D eigenvalue weighted by Crippen LogP contribution is -2.37. The molecule has 1 fully saturated rings. The van der Waals surface area contributed by atoms with Crippen molar-refractivity contribution in [1.82, 2.24) is 5.32 Å². The third-order valence-corrected chi connectivity index (χ3v) is 6.15. The molecule has 2 aliphatic rings. The highest BCUT2D eigenvalue weighted by atomic mass is 35.5. The topological polar surface area (TPSA) is 92.6 Å². The first kappa shape index (κ1) is 22.3. The number of para-hydroxylation sites is 2. The molecule has 0 atom stereocenters. The molecule has 1 saturated carbocycles. The van der Waals surface area contributed by atoms with E-state index >= 15 is 0 Å². The van der Waals surface area contributed by atoms with Crippen molar-refractivity contribution in [3.05, 3.63) is 45.1 Å². The quantitative estimate of drug-likeness (QED) is 0.401. The van der Waals surface area contributed by atoms with Crippen LogP contribution >= 0.6 is 11.6 Å². The number of amides is 2. The molecule has 1 N–H and O–H groups in total. The third kappa shape index (κ3) is 5.19. The van der Waals surface area contributed by atoms with Gasteiger partial charge in [0.15, 0.2) is 0 Å². The molecule has 0 saturated heterocycles. The predicted molar refractivity (Wildman–Crippen MR) is 116 cm³/mol. The van der Waals surface area contributed by atoms with Gasteiger partial charge in [0.2, 0.25) is 0 Å². The largest absolute Gasteiger partial charge is 0.376 e. The van der Waals surface area contributed by atoms with E-state index < -0.39 is 16.7 Å². The number of nitrogens with one attached hydrogen (secondary N) is 1. The molecule has 1 heterocycles. The van der Waals surface area contributed by atoms with Gasteiger partial charge < -0.3 is 5.32 Å². The summed E-state index contributed by atoms with van der Waals surface area (Å²) >= 11 is 6.23. The van der Waals surface area contributed by atoms with Gasteiger partial charge in [-0.05, 0) is 18.9 Å². The highest BCUT2D eigenvalue weighted by molar-refractivity contribution is 6.52. The summed E-state index contributed by atoms with van der Waals surface area (Å²) in [4.78, 5) is 37.3. The first-order chi connectivity index (χ1) is 14.5. The molecule has 8 heteroatoms. The summed E-state index contributed by atoms with van der Waals surface area (Å²) < 4.78 is 0. The van der Waals surface area contributed by atoms with Crippen molar-refractivity contribution < 1.29 is 14.5 Å². The van der Waals surface area contributed by atoms with Crippen LogP contribution in [-0.2, 0) is 9.59 Å². The molecule has 0 aromatic heterocycles.